The minimum Gasteiger partial charge on any atom is -0.465 e. The first-order valence-corrected chi connectivity index (χ1v) is 56.0. The molecule has 0 aliphatic carbocycles. The van der Waals surface area contributed by atoms with E-state index in [0.717, 1.165) is 102 Å². The molecule has 5 saturated heterocycles. The van der Waals surface area contributed by atoms with E-state index in [4.69, 9.17) is 44.8 Å². The topological polar surface area (TPSA) is 390 Å². The van der Waals surface area contributed by atoms with Crippen molar-refractivity contribution in [3.05, 3.63) is 285 Å². The number of sulfonamides is 4. The van der Waals surface area contributed by atoms with E-state index in [1.54, 1.807) is 65.2 Å². The molecule has 0 spiro atoms. The first kappa shape index (κ1) is 108. The molecule has 10 aliphatic rings. The van der Waals surface area contributed by atoms with E-state index >= 15 is 0 Å². The molecule has 5 fully saturated rings. The lowest BCUT2D eigenvalue weighted by Crippen LogP contribution is -2.52. The van der Waals surface area contributed by atoms with Gasteiger partial charge in [0.05, 0.1) is 79.8 Å². The van der Waals surface area contributed by atoms with Gasteiger partial charge in [0.25, 0.3) is 10.2 Å². The molecule has 148 heavy (non-hydrogen) atoms. The highest BCUT2D eigenvalue weighted by Gasteiger charge is 2.46. The fourth-order valence-corrected chi connectivity index (χ4v) is 27.9. The molecule has 10 heterocycles. The molecule has 0 unspecified atom stereocenters. The molecule has 0 saturated carbocycles. The summed E-state index contributed by atoms with van der Waals surface area (Å²) in [5.41, 5.74) is 10.8. The third-order valence-electron chi connectivity index (χ3n) is 27.9. The Labute approximate surface area is 862 Å². The number of halogens is 4. The zero-order chi connectivity index (χ0) is 105. The molecule has 20 rings (SSSR count). The van der Waals surface area contributed by atoms with Gasteiger partial charge >= 0.3 is 48.6 Å². The summed E-state index contributed by atoms with van der Waals surface area (Å²) in [5.74, 6) is -1.31. The van der Waals surface area contributed by atoms with E-state index in [2.05, 4.69) is 0 Å². The second-order valence-corrected chi connectivity index (χ2v) is 47.4. The number of rotatable bonds is 19. The Balaban J connectivity index is 0.000000132. The number of fused-ring (bicyclic) bond motifs is 6. The largest absolute Gasteiger partial charge is 0.465 e. The lowest BCUT2D eigenvalue weighted by molar-refractivity contribution is -0.137. The third-order valence-corrected chi connectivity index (χ3v) is 37.8. The van der Waals surface area contributed by atoms with Gasteiger partial charge < -0.3 is 33.2 Å². The Kier molecular flexibility index (Phi) is 33.4. The van der Waals surface area contributed by atoms with Crippen molar-refractivity contribution in [1.29, 1.82) is 0 Å². The van der Waals surface area contributed by atoms with Crippen LogP contribution in [0.1, 0.15) is 135 Å². The van der Waals surface area contributed by atoms with Crippen LogP contribution in [0.2, 0.25) is 5.02 Å². The first-order valence-electron chi connectivity index (χ1n) is 48.3. The molecular weight excluding hydrogens is 2040 g/mol. The number of hydrogen-bond acceptors (Lipinski definition) is 24. The predicted molar refractivity (Wildman–Crippen MR) is 546 cm³/mol. The van der Waals surface area contributed by atoms with Gasteiger partial charge in [-0.1, -0.05) is 157 Å². The summed E-state index contributed by atoms with van der Waals surface area (Å²) in [6.45, 7) is 7.78. The number of amides is 5. The lowest BCUT2D eigenvalue weighted by atomic mass is 10.00. The number of para-hydroxylation sites is 4. The number of alkyl halides is 3. The fourth-order valence-electron chi connectivity index (χ4n) is 20.3. The van der Waals surface area contributed by atoms with Crippen LogP contribution in [0.15, 0.2) is 233 Å². The van der Waals surface area contributed by atoms with E-state index in [1.807, 2.05) is 147 Å². The summed E-state index contributed by atoms with van der Waals surface area (Å²) in [7, 11) is -13.2. The van der Waals surface area contributed by atoms with Crippen molar-refractivity contribution in [3.8, 4) is 0 Å². The van der Waals surface area contributed by atoms with Crippen LogP contribution in [0.25, 0.3) is 10.8 Å². The van der Waals surface area contributed by atoms with E-state index in [-0.39, 0.29) is 135 Å². The van der Waals surface area contributed by atoms with Gasteiger partial charge in [-0.15, -0.1) is 0 Å². The molecule has 0 radical (unpaired) electrons. The van der Waals surface area contributed by atoms with Crippen molar-refractivity contribution in [2.45, 2.75) is 169 Å². The number of esters is 2. The molecule has 0 aromatic heterocycles. The summed E-state index contributed by atoms with van der Waals surface area (Å²) in [5, 5.41) is 2.82. The number of cyclic esters (lactones) is 5. The Hall–Kier alpha value is -12.7. The van der Waals surface area contributed by atoms with E-state index in [1.165, 1.54) is 74.1 Å². The van der Waals surface area contributed by atoms with Gasteiger partial charge in [0.15, 0.2) is 0 Å². The highest BCUT2D eigenvalue weighted by molar-refractivity contribution is 7.90. The van der Waals surface area contributed by atoms with Crippen LogP contribution in [0.5, 0.6) is 0 Å². The Morgan fingerprint density at radius 2 is 0.723 bits per heavy atom. The number of hydrogen-bond donors (Lipinski definition) is 0. The van der Waals surface area contributed by atoms with Crippen molar-refractivity contribution in [2.75, 3.05) is 124 Å². The van der Waals surface area contributed by atoms with Crippen LogP contribution < -0.4 is 24.5 Å². The molecule has 786 valence electrons. The molecule has 0 bridgehead atoms. The number of benzene rings is 10. The van der Waals surface area contributed by atoms with Crippen molar-refractivity contribution < 1.29 is 122 Å². The molecular formula is C104H113ClF3N11O24S5. The van der Waals surface area contributed by atoms with Crippen LogP contribution in [0.3, 0.4) is 0 Å². The average Bonchev–Trinajstić information content (AvgIpc) is 0.766. The van der Waals surface area contributed by atoms with Gasteiger partial charge in [-0.3, -0.25) is 24.5 Å². The summed E-state index contributed by atoms with van der Waals surface area (Å²) < 4.78 is 212. The number of ether oxygens (including phenoxy) is 7. The smallest absolute Gasteiger partial charge is 0.416 e. The Morgan fingerprint density at radius 3 is 1.16 bits per heavy atom. The molecule has 0 N–H and O–H groups in total. The number of methoxy groups -OCH3 is 2. The third kappa shape index (κ3) is 23.3. The standard InChI is InChI=1S/C26H28N2O4S.C22H24N2O6S.C21H22N2O6S.C20H19F3N2O4S.C15H20ClN3O4S/c1-19-6-4-10-22-18-32-26(29)28(25(19)22)23-12-15-27(16-13-23)33(30,31)17-14-21-9-5-8-20-7-2-3-11-24(20)21;1-15-6-5-7-16-14-30-22(26)24(20(15)16)17-10-12-23(13-11-17)31(27,28)19-9-4-3-8-18(19)21(25)29-2;1-28-20(24)17-7-3-5-9-19(17)30(26,27)22-12-10-16(11-13-22)23-18-8-4-2-6-15(18)14-29-21(23)25;21-20(22,23)15-5-3-6-17(12-15)30(27,28)24-10-8-16(9-11-24)25-18-7-2-1-4-14(18)13-29-19(25)26;1-17(2)24(21,22)18-7-5-13(6-8-18)19-14-4-3-12(16)9-11(14)10-23-15(19)20/h2-11,23H,12-18H2,1H3;3-9,17H,10-14H2,1-2H3;2-9,16H,10-14H2,1H3;1-7,12,16H,8-11,13H2;3-4,9,13H,5-8,10H2,1-2H3. The SMILES string of the molecule is CN(C)S(=O)(=O)N1CCC(N2C(=O)OCc3cc(Cl)ccc32)CC1.COC(=O)c1ccccc1S(=O)(=O)N1CCC(N2C(=O)OCc3cccc(C)c32)CC1.COC(=O)c1ccccc1S(=O)(=O)N1CCC(N2C(=O)OCc3ccccc32)CC1.Cc1cccc2c1N(C1CCN(S(=O)(=O)CCc3cccc4ccccc34)CC1)C(=O)OC2.O=C1OCc2ccccc2N1C1CCN(S(=O)(=O)c2cccc(C(F)(F)F)c2)CC1. The van der Waals surface area contributed by atoms with E-state index in [9.17, 15) is 88.8 Å². The van der Waals surface area contributed by atoms with Crippen LogP contribution in [-0.2, 0) is 129 Å². The van der Waals surface area contributed by atoms with Gasteiger partial charge in [0.2, 0.25) is 40.1 Å². The van der Waals surface area contributed by atoms with Crippen molar-refractivity contribution in [3.63, 3.8) is 0 Å². The zero-order valence-electron chi connectivity index (χ0n) is 82.0. The molecule has 10 aliphatic heterocycles. The monoisotopic (exact) mass is 2150 g/mol. The maximum absolute atomic E-state index is 13.2. The quantitative estimate of drug-likeness (QED) is 0.0536. The van der Waals surface area contributed by atoms with E-state index in [0.29, 0.717) is 108 Å². The average molecular weight is 2150 g/mol. The molecule has 5 amide bonds. The number of piperidine rings is 5. The van der Waals surface area contributed by atoms with Crippen molar-refractivity contribution >= 4 is 144 Å². The molecule has 44 heteroatoms. The van der Waals surface area contributed by atoms with Gasteiger partial charge in [-0.2, -0.15) is 43.1 Å². The Bertz CT molecular complexity index is 7280. The molecule has 35 nitrogen and oxygen atoms in total. The minimum atomic E-state index is -4.62. The van der Waals surface area contributed by atoms with Crippen molar-refractivity contribution in [2.24, 2.45) is 0 Å². The Morgan fingerprint density at radius 1 is 0.378 bits per heavy atom. The minimum absolute atomic E-state index is 0.00987. The number of carbonyl (C=O) groups is 7. The van der Waals surface area contributed by atoms with Gasteiger partial charge in [-0.05, 0) is 185 Å². The second kappa shape index (κ2) is 45.8. The number of anilines is 5. The maximum Gasteiger partial charge on any atom is 0.416 e. The second-order valence-electron chi connectivity index (χ2n) is 37.0. The number of carbonyl (C=O) groups excluding carboxylic acids is 7. The number of nitrogens with zero attached hydrogens (tertiary/aromatic N) is 11. The number of aryl methyl sites for hydroxylation is 3. The van der Waals surface area contributed by atoms with Crippen LogP contribution >= 0.6 is 11.6 Å². The van der Waals surface area contributed by atoms with Gasteiger partial charge in [0.1, 0.15) is 33.0 Å². The fraction of sp³-hybridized carbons (Fsp3) is 0.375. The van der Waals surface area contributed by atoms with Crippen LogP contribution in [0.4, 0.5) is 65.6 Å². The van der Waals surface area contributed by atoms with Crippen LogP contribution in [0, 0.1) is 13.8 Å². The first-order chi connectivity index (χ1) is 70.7. The van der Waals surface area contributed by atoms with Crippen molar-refractivity contribution in [1.82, 2.24) is 25.8 Å². The van der Waals surface area contributed by atoms with E-state index < -0.39 is 103 Å². The highest BCUT2D eigenvalue weighted by atomic mass is 35.5. The zero-order valence-corrected chi connectivity index (χ0v) is 86.9. The summed E-state index contributed by atoms with van der Waals surface area (Å²) in [6.07, 6.45) is -1.32. The molecule has 10 aromatic rings. The summed E-state index contributed by atoms with van der Waals surface area (Å²) in [4.78, 5) is 94.0. The summed E-state index contributed by atoms with van der Waals surface area (Å²) >= 11 is 6.01. The summed E-state index contributed by atoms with van der Waals surface area (Å²) in [6, 6.07) is 61.2. The van der Waals surface area contributed by atoms with Gasteiger partial charge in [0, 0.05) is 143 Å². The molecule has 0 atom stereocenters. The lowest BCUT2D eigenvalue weighted by Gasteiger charge is -2.40. The van der Waals surface area contributed by atoms with Crippen LogP contribution in [-0.4, -0.2) is 240 Å². The normalized spacial score (nSPS) is 18.4. The predicted octanol–water partition coefficient (Wildman–Crippen LogP) is 16.6. The highest BCUT2D eigenvalue weighted by Crippen LogP contribution is 2.43. The molecule has 10 aromatic carbocycles. The van der Waals surface area contributed by atoms with Gasteiger partial charge in [-0.25, -0.2) is 71.5 Å². The maximum atomic E-state index is 13.2.